The van der Waals surface area contributed by atoms with Crippen LogP contribution in [0.1, 0.15) is 5.48 Å². The van der Waals surface area contributed by atoms with Crippen molar-refractivity contribution in [3.05, 3.63) is 170 Å². The molecule has 234 valence electrons. The van der Waals surface area contributed by atoms with Crippen LogP contribution < -0.4 is 0 Å². The second-order valence-corrected chi connectivity index (χ2v) is 12.1. The molecule has 0 unspecified atom stereocenters. The Morgan fingerprint density at radius 2 is 1.06 bits per heavy atom. The number of hydrogen-bond acceptors (Lipinski definition) is 4. The summed E-state index contributed by atoms with van der Waals surface area (Å²) in [6.07, 6.45) is 0. The van der Waals surface area contributed by atoms with E-state index in [1.165, 1.54) is 12.1 Å². The smallest absolute Gasteiger partial charge is 0.164 e. The maximum atomic E-state index is 8.86. The number of fused-ring (bicyclic) bond motifs is 6. The fourth-order valence-corrected chi connectivity index (χ4v) is 6.86. The molecule has 5 heteroatoms. The fourth-order valence-electron chi connectivity index (χ4n) is 6.86. The van der Waals surface area contributed by atoms with Crippen molar-refractivity contribution in [2.24, 2.45) is 0 Å². The average molecular weight is 645 g/mol. The van der Waals surface area contributed by atoms with E-state index in [2.05, 4.69) is 12.1 Å². The van der Waals surface area contributed by atoms with Gasteiger partial charge < -0.3 is 8.98 Å². The molecule has 0 radical (unpaired) electrons. The number of aromatic nitrogens is 4. The molecule has 3 aromatic heterocycles. The molecule has 0 N–H and O–H groups in total. The molecule has 0 spiro atoms. The van der Waals surface area contributed by atoms with Crippen LogP contribution >= 0.6 is 0 Å². The highest BCUT2D eigenvalue weighted by atomic mass is 16.3. The molecule has 0 aliphatic heterocycles. The molecule has 0 bridgehead atoms. The monoisotopic (exact) mass is 644 g/mol. The van der Waals surface area contributed by atoms with Crippen LogP contribution in [0.15, 0.2) is 174 Å². The van der Waals surface area contributed by atoms with Crippen LogP contribution in [-0.2, 0) is 0 Å². The third-order valence-corrected chi connectivity index (χ3v) is 9.16. The minimum absolute atomic E-state index is 0.188. The largest absolute Gasteiger partial charge is 0.456 e. The van der Waals surface area contributed by atoms with Gasteiger partial charge in [-0.05, 0) is 53.5 Å². The minimum Gasteiger partial charge on any atom is -0.456 e. The summed E-state index contributed by atoms with van der Waals surface area (Å²) in [6, 6.07) is 47.2. The predicted molar refractivity (Wildman–Crippen MR) is 203 cm³/mol. The molecule has 7 aromatic carbocycles. The topological polar surface area (TPSA) is 56.7 Å². The van der Waals surface area contributed by atoms with Gasteiger partial charge in [0.15, 0.2) is 17.5 Å². The Bertz CT molecular complexity index is 2980. The highest BCUT2D eigenvalue weighted by Crippen LogP contribution is 2.39. The summed E-state index contributed by atoms with van der Waals surface area (Å²) in [5, 5.41) is 3.17. The maximum absolute atomic E-state index is 8.86. The number of benzene rings is 7. The van der Waals surface area contributed by atoms with Crippen molar-refractivity contribution in [2.45, 2.75) is 0 Å². The highest BCUT2D eigenvalue weighted by molar-refractivity contribution is 6.13. The van der Waals surface area contributed by atoms with E-state index in [0.717, 1.165) is 55.4 Å². The fraction of sp³-hybridized carbons (Fsp3) is 0. The summed E-state index contributed by atoms with van der Waals surface area (Å²) in [5.41, 5.74) is 7.91. The number of hydrogen-bond donors (Lipinski definition) is 0. The molecule has 0 aliphatic carbocycles. The molecule has 5 nitrogen and oxygen atoms in total. The van der Waals surface area contributed by atoms with Gasteiger partial charge in [0.2, 0.25) is 0 Å². The quantitative estimate of drug-likeness (QED) is 0.187. The Kier molecular flexibility index (Phi) is 5.54. The summed E-state index contributed by atoms with van der Waals surface area (Å²) in [7, 11) is 0. The first-order valence-electron chi connectivity index (χ1n) is 18.4. The first kappa shape index (κ1) is 24.3. The van der Waals surface area contributed by atoms with E-state index in [1.807, 2.05) is 114 Å². The van der Waals surface area contributed by atoms with Gasteiger partial charge in [0.05, 0.1) is 16.5 Å². The van der Waals surface area contributed by atoms with Crippen LogP contribution in [0.2, 0.25) is 0 Å². The summed E-state index contributed by atoms with van der Waals surface area (Å²) in [6.45, 7) is 0. The van der Waals surface area contributed by atoms with Gasteiger partial charge in [-0.2, -0.15) is 0 Å². The molecule has 0 fully saturated rings. The van der Waals surface area contributed by atoms with Gasteiger partial charge in [0.1, 0.15) is 11.2 Å². The lowest BCUT2D eigenvalue weighted by Gasteiger charge is -2.11. The SMILES string of the molecule is [2H]c1cc([2H])c2c(c1)c1cc([2H])cc([2H])c1n2-c1cccc(-c2ccc3oc4cccc(-c5nc(-c6ccccc6)nc(-c6ccccc6)n5)c4c3c2)c1. The lowest BCUT2D eigenvalue weighted by molar-refractivity contribution is 0.669. The van der Waals surface area contributed by atoms with Crippen LogP contribution in [-0.4, -0.2) is 19.5 Å². The molecule has 0 saturated carbocycles. The molecule has 50 heavy (non-hydrogen) atoms. The van der Waals surface area contributed by atoms with Gasteiger partial charge in [-0.25, -0.2) is 15.0 Å². The van der Waals surface area contributed by atoms with Gasteiger partial charge >= 0.3 is 0 Å². The molecule has 0 aliphatic rings. The van der Waals surface area contributed by atoms with E-state index in [9.17, 15) is 0 Å². The van der Waals surface area contributed by atoms with Crippen molar-refractivity contribution in [3.63, 3.8) is 0 Å². The van der Waals surface area contributed by atoms with Crippen molar-refractivity contribution >= 4 is 43.7 Å². The Balaban J connectivity index is 1.16. The number of para-hydroxylation sites is 2. The van der Waals surface area contributed by atoms with Gasteiger partial charge in [0.25, 0.3) is 0 Å². The van der Waals surface area contributed by atoms with Crippen LogP contribution in [0.3, 0.4) is 0 Å². The van der Waals surface area contributed by atoms with Gasteiger partial charge in [-0.3, -0.25) is 0 Å². The average Bonchev–Trinajstić information content (AvgIpc) is 3.74. The second-order valence-electron chi connectivity index (χ2n) is 12.1. The van der Waals surface area contributed by atoms with E-state index in [-0.39, 0.29) is 24.2 Å². The lowest BCUT2D eigenvalue weighted by atomic mass is 10.00. The standard InChI is InChI=1S/C45H28N4O/c1-3-13-29(14-4-1)43-46-44(30-15-5-2-6-16-30)48-45(47-43)36-21-12-24-41-42(36)37-28-32(25-26-40(37)50-41)31-17-11-18-33(27-31)49-38-22-9-7-19-34(38)35-20-8-10-23-39(35)49/h1-28H/i7D,8D,22D,23D. The summed E-state index contributed by atoms with van der Waals surface area (Å²) in [4.78, 5) is 14.9. The van der Waals surface area contributed by atoms with Gasteiger partial charge in [0, 0.05) is 43.9 Å². The number of rotatable bonds is 5. The Labute approximate surface area is 293 Å². The second kappa shape index (κ2) is 11.4. The van der Waals surface area contributed by atoms with Crippen LogP contribution in [0.25, 0.3) is 94.7 Å². The molecule has 0 saturated heterocycles. The molecule has 10 aromatic rings. The van der Waals surface area contributed by atoms with E-state index in [1.54, 1.807) is 12.1 Å². The van der Waals surface area contributed by atoms with E-state index in [0.29, 0.717) is 39.3 Å². The third kappa shape index (κ3) is 4.60. The van der Waals surface area contributed by atoms with Crippen molar-refractivity contribution in [2.75, 3.05) is 0 Å². The highest BCUT2D eigenvalue weighted by Gasteiger charge is 2.19. The Hall–Kier alpha value is -6.85. The Morgan fingerprint density at radius 3 is 1.74 bits per heavy atom. The first-order chi connectivity index (χ1) is 26.4. The van der Waals surface area contributed by atoms with E-state index in [4.69, 9.17) is 24.9 Å². The zero-order chi connectivity index (χ0) is 36.5. The summed E-state index contributed by atoms with van der Waals surface area (Å²) in [5.74, 6) is 1.70. The minimum atomic E-state index is 0.188. The molecule has 0 atom stereocenters. The van der Waals surface area contributed by atoms with Crippen molar-refractivity contribution in [1.82, 2.24) is 19.5 Å². The van der Waals surface area contributed by atoms with Crippen LogP contribution in [0.4, 0.5) is 0 Å². The number of furan rings is 1. The van der Waals surface area contributed by atoms with E-state index >= 15 is 0 Å². The zero-order valence-electron chi connectivity index (χ0n) is 30.6. The third-order valence-electron chi connectivity index (χ3n) is 9.16. The van der Waals surface area contributed by atoms with Crippen molar-refractivity contribution < 1.29 is 9.90 Å². The molecular weight excluding hydrogens is 613 g/mol. The molecule has 10 rings (SSSR count). The predicted octanol–water partition coefficient (Wildman–Crippen LogP) is 11.5. The van der Waals surface area contributed by atoms with Gasteiger partial charge in [-0.15, -0.1) is 0 Å². The summed E-state index contributed by atoms with van der Waals surface area (Å²) < 4.78 is 42.6. The van der Waals surface area contributed by atoms with Gasteiger partial charge in [-0.1, -0.05) is 127 Å². The molecular formula is C45H28N4O. The van der Waals surface area contributed by atoms with Crippen LogP contribution in [0.5, 0.6) is 0 Å². The lowest BCUT2D eigenvalue weighted by Crippen LogP contribution is -2.00. The van der Waals surface area contributed by atoms with E-state index < -0.39 is 0 Å². The molecule has 3 heterocycles. The van der Waals surface area contributed by atoms with Crippen molar-refractivity contribution in [3.8, 4) is 51.0 Å². The molecule has 0 amide bonds. The normalized spacial score (nSPS) is 12.7. The Morgan fingerprint density at radius 1 is 0.460 bits per heavy atom. The zero-order valence-corrected chi connectivity index (χ0v) is 26.6. The van der Waals surface area contributed by atoms with Crippen molar-refractivity contribution in [1.29, 1.82) is 0 Å². The van der Waals surface area contributed by atoms with Crippen LogP contribution in [0, 0.1) is 0 Å². The number of nitrogens with zero attached hydrogens (tertiary/aromatic N) is 4. The first-order valence-corrected chi connectivity index (χ1v) is 16.4. The summed E-state index contributed by atoms with van der Waals surface area (Å²) >= 11 is 0. The maximum Gasteiger partial charge on any atom is 0.164 e.